The third-order valence-corrected chi connectivity index (χ3v) is 5.07. The van der Waals surface area contributed by atoms with Crippen LogP contribution in [0.4, 0.5) is 13.2 Å². The molecule has 0 aliphatic rings. The summed E-state index contributed by atoms with van der Waals surface area (Å²) in [5.74, 6) is 0.520. The molecule has 0 amide bonds. The molecule has 4 nitrogen and oxygen atoms in total. The minimum absolute atomic E-state index is 0.0319. The molecular weight excluding hydrogens is 445 g/mol. The molecular formula is C27H27F3O4. The van der Waals surface area contributed by atoms with Gasteiger partial charge in [0.15, 0.2) is 18.1 Å². The van der Waals surface area contributed by atoms with Gasteiger partial charge in [-0.2, -0.15) is 13.2 Å². The van der Waals surface area contributed by atoms with E-state index < -0.39 is 17.7 Å². The molecule has 0 fully saturated rings. The molecule has 0 bridgehead atoms. The summed E-state index contributed by atoms with van der Waals surface area (Å²) in [6.45, 7) is 7.89. The van der Waals surface area contributed by atoms with Gasteiger partial charge in [-0.3, -0.25) is 0 Å². The number of esters is 1. The number of halogens is 3. The highest BCUT2D eigenvalue weighted by atomic mass is 19.4. The van der Waals surface area contributed by atoms with Gasteiger partial charge in [0.2, 0.25) is 0 Å². The number of rotatable bonds is 7. The molecule has 0 radical (unpaired) electrons. The van der Waals surface area contributed by atoms with Crippen molar-refractivity contribution in [2.45, 2.75) is 39.3 Å². The molecule has 3 aromatic carbocycles. The molecule has 0 aliphatic carbocycles. The zero-order valence-electron chi connectivity index (χ0n) is 19.5. The topological polar surface area (TPSA) is 44.8 Å². The van der Waals surface area contributed by atoms with Crippen molar-refractivity contribution in [3.05, 3.63) is 77.9 Å². The summed E-state index contributed by atoms with van der Waals surface area (Å²) in [5, 5.41) is 0. The van der Waals surface area contributed by atoms with Crippen LogP contribution >= 0.6 is 0 Å². The maximum atomic E-state index is 13.2. The average molecular weight is 473 g/mol. The van der Waals surface area contributed by atoms with Crippen molar-refractivity contribution < 1.29 is 32.2 Å². The Balaban J connectivity index is 1.95. The molecule has 7 heteroatoms. The monoisotopic (exact) mass is 472 g/mol. The van der Waals surface area contributed by atoms with Crippen LogP contribution in [0, 0.1) is 0 Å². The number of ether oxygens (including phenoxy) is 3. The number of hydrogen-bond acceptors (Lipinski definition) is 4. The quantitative estimate of drug-likeness (QED) is 0.336. The summed E-state index contributed by atoms with van der Waals surface area (Å²) in [7, 11) is 0. The van der Waals surface area contributed by atoms with Crippen molar-refractivity contribution in [2.75, 3.05) is 13.2 Å². The summed E-state index contributed by atoms with van der Waals surface area (Å²) in [6.07, 6.45) is -4.45. The Bertz CT molecular complexity index is 1130. The molecule has 0 saturated heterocycles. The second-order valence-corrected chi connectivity index (χ2v) is 8.71. The predicted octanol–water partition coefficient (Wildman–Crippen LogP) is 7.40. The first-order valence-electron chi connectivity index (χ1n) is 10.9. The Morgan fingerprint density at radius 2 is 1.50 bits per heavy atom. The fourth-order valence-corrected chi connectivity index (χ4v) is 3.25. The van der Waals surface area contributed by atoms with Gasteiger partial charge in [-0.05, 0) is 65.4 Å². The minimum atomic E-state index is -4.45. The molecule has 3 rings (SSSR count). The maximum Gasteiger partial charge on any atom is 0.416 e. The number of carbonyl (C=O) groups excluding carboxylic acids is 1. The van der Waals surface area contributed by atoms with E-state index >= 15 is 0 Å². The van der Waals surface area contributed by atoms with Crippen molar-refractivity contribution in [3.8, 4) is 28.4 Å². The van der Waals surface area contributed by atoms with Gasteiger partial charge in [-0.1, -0.05) is 51.1 Å². The van der Waals surface area contributed by atoms with Gasteiger partial charge in [0.1, 0.15) is 5.75 Å². The van der Waals surface area contributed by atoms with E-state index in [2.05, 4.69) is 20.8 Å². The smallest absolute Gasteiger partial charge is 0.416 e. The predicted molar refractivity (Wildman–Crippen MR) is 124 cm³/mol. The van der Waals surface area contributed by atoms with E-state index in [4.69, 9.17) is 14.2 Å². The Morgan fingerprint density at radius 3 is 2.12 bits per heavy atom. The molecule has 180 valence electrons. The van der Waals surface area contributed by atoms with Crippen LogP contribution in [-0.4, -0.2) is 19.2 Å². The third-order valence-electron chi connectivity index (χ3n) is 5.07. The van der Waals surface area contributed by atoms with Gasteiger partial charge in [0.25, 0.3) is 0 Å². The highest BCUT2D eigenvalue weighted by Gasteiger charge is 2.30. The Hall–Kier alpha value is -3.48. The first-order chi connectivity index (χ1) is 16.0. The normalized spacial score (nSPS) is 11.7. The zero-order valence-corrected chi connectivity index (χ0v) is 19.5. The summed E-state index contributed by atoms with van der Waals surface area (Å²) >= 11 is 0. The Labute approximate surface area is 197 Å². The maximum absolute atomic E-state index is 13.2. The molecule has 0 unspecified atom stereocenters. The molecule has 34 heavy (non-hydrogen) atoms. The molecule has 0 spiro atoms. The van der Waals surface area contributed by atoms with Crippen molar-refractivity contribution in [1.29, 1.82) is 0 Å². The summed E-state index contributed by atoms with van der Waals surface area (Å²) in [5.41, 5.74) is 1.23. The summed E-state index contributed by atoms with van der Waals surface area (Å²) in [6, 6.07) is 17.3. The first-order valence-corrected chi connectivity index (χ1v) is 10.9. The Morgan fingerprint density at radius 1 is 0.824 bits per heavy atom. The van der Waals surface area contributed by atoms with Gasteiger partial charge in [0.05, 0.1) is 12.2 Å². The second-order valence-electron chi connectivity index (χ2n) is 8.71. The third kappa shape index (κ3) is 6.53. The average Bonchev–Trinajstić information content (AvgIpc) is 2.78. The highest BCUT2D eigenvalue weighted by Crippen LogP contribution is 2.38. The fourth-order valence-electron chi connectivity index (χ4n) is 3.25. The van der Waals surface area contributed by atoms with Crippen LogP contribution in [0.2, 0.25) is 0 Å². The molecule has 3 aromatic rings. The zero-order chi connectivity index (χ0) is 24.9. The number of benzene rings is 3. The lowest BCUT2D eigenvalue weighted by atomic mass is 9.87. The summed E-state index contributed by atoms with van der Waals surface area (Å²) in [4.78, 5) is 11.7. The lowest BCUT2D eigenvalue weighted by Gasteiger charge is -2.19. The highest BCUT2D eigenvalue weighted by molar-refractivity contribution is 5.72. The lowest BCUT2D eigenvalue weighted by Crippen LogP contribution is -2.14. The molecule has 0 N–H and O–H groups in total. The van der Waals surface area contributed by atoms with Gasteiger partial charge in [-0.25, -0.2) is 4.79 Å². The van der Waals surface area contributed by atoms with Crippen molar-refractivity contribution >= 4 is 5.97 Å². The second kappa shape index (κ2) is 10.2. The van der Waals surface area contributed by atoms with Gasteiger partial charge >= 0.3 is 12.1 Å². The van der Waals surface area contributed by atoms with Crippen LogP contribution in [0.1, 0.15) is 38.8 Å². The van der Waals surface area contributed by atoms with Crippen LogP contribution in [0.15, 0.2) is 66.7 Å². The fraction of sp³-hybridized carbons (Fsp3) is 0.296. The lowest BCUT2D eigenvalue weighted by molar-refractivity contribution is -0.145. The molecule has 0 aliphatic heterocycles. The summed E-state index contributed by atoms with van der Waals surface area (Å²) < 4.78 is 56.1. The van der Waals surface area contributed by atoms with Crippen LogP contribution < -0.4 is 9.47 Å². The molecule has 0 heterocycles. The van der Waals surface area contributed by atoms with E-state index in [1.807, 2.05) is 24.3 Å². The van der Waals surface area contributed by atoms with Gasteiger partial charge < -0.3 is 14.2 Å². The van der Waals surface area contributed by atoms with E-state index in [1.54, 1.807) is 31.2 Å². The van der Waals surface area contributed by atoms with E-state index in [0.717, 1.165) is 17.7 Å². The van der Waals surface area contributed by atoms with Crippen LogP contribution in [0.25, 0.3) is 11.1 Å². The van der Waals surface area contributed by atoms with Crippen LogP contribution in [-0.2, 0) is 21.1 Å². The first kappa shape index (κ1) is 25.1. The van der Waals surface area contributed by atoms with E-state index in [-0.39, 0.29) is 30.1 Å². The largest absolute Gasteiger partial charge is 0.478 e. The van der Waals surface area contributed by atoms with Gasteiger partial charge in [0, 0.05) is 0 Å². The minimum Gasteiger partial charge on any atom is -0.478 e. The van der Waals surface area contributed by atoms with Crippen molar-refractivity contribution in [2.24, 2.45) is 0 Å². The number of hydrogen-bond donors (Lipinski definition) is 0. The molecule has 0 aromatic heterocycles. The standard InChI is InChI=1S/C27H27F3O4/c1-5-32-25(31)17-33-23-14-9-19(18-7-6-8-21(15-18)27(28,29)30)16-24(23)34-22-12-10-20(11-13-22)26(2,3)4/h6-16H,5,17H2,1-4H3. The molecule has 0 atom stereocenters. The van der Waals surface area contributed by atoms with Crippen LogP contribution in [0.5, 0.6) is 17.2 Å². The number of alkyl halides is 3. The SMILES string of the molecule is CCOC(=O)COc1ccc(-c2cccc(C(F)(F)F)c2)cc1Oc1ccc(C(C)(C)C)cc1. The van der Waals surface area contributed by atoms with E-state index in [1.165, 1.54) is 6.07 Å². The molecule has 0 saturated carbocycles. The van der Waals surface area contributed by atoms with E-state index in [9.17, 15) is 18.0 Å². The van der Waals surface area contributed by atoms with Gasteiger partial charge in [-0.15, -0.1) is 0 Å². The Kier molecular flexibility index (Phi) is 7.54. The van der Waals surface area contributed by atoms with Crippen molar-refractivity contribution in [3.63, 3.8) is 0 Å². The van der Waals surface area contributed by atoms with E-state index in [0.29, 0.717) is 16.9 Å². The number of carbonyl (C=O) groups is 1. The van der Waals surface area contributed by atoms with Crippen molar-refractivity contribution in [1.82, 2.24) is 0 Å². The van der Waals surface area contributed by atoms with Crippen LogP contribution in [0.3, 0.4) is 0 Å².